The highest BCUT2D eigenvalue weighted by Gasteiger charge is 2.39. The molecule has 0 spiro atoms. The van der Waals surface area contributed by atoms with E-state index in [1.165, 1.54) is 0 Å². The molecule has 1 saturated heterocycles. The summed E-state index contributed by atoms with van der Waals surface area (Å²) in [6.45, 7) is 0.962. The predicted octanol–water partition coefficient (Wildman–Crippen LogP) is 0.888. The van der Waals surface area contributed by atoms with Gasteiger partial charge in [-0.2, -0.15) is 4.39 Å². The molecule has 0 aliphatic carbocycles. The Bertz CT molecular complexity index is 325. The lowest BCUT2D eigenvalue weighted by molar-refractivity contribution is -0.157. The van der Waals surface area contributed by atoms with Crippen LogP contribution in [0.2, 0.25) is 0 Å². The van der Waals surface area contributed by atoms with Crippen molar-refractivity contribution < 1.29 is 13.9 Å². The van der Waals surface area contributed by atoms with Gasteiger partial charge < -0.3 is 14.8 Å². The maximum atomic E-state index is 13.3. The highest BCUT2D eigenvalue weighted by molar-refractivity contribution is 7.18. The van der Waals surface area contributed by atoms with Gasteiger partial charge in [-0.05, 0) is 21.4 Å². The average molecular weight is 216 g/mol. The first-order valence-electron chi connectivity index (χ1n) is 4.15. The summed E-state index contributed by atoms with van der Waals surface area (Å²) in [4.78, 5) is 3.99. The van der Waals surface area contributed by atoms with Crippen LogP contribution in [0.3, 0.4) is 0 Å². The van der Waals surface area contributed by atoms with Crippen molar-refractivity contribution in [3.05, 3.63) is 23.7 Å². The van der Waals surface area contributed by atoms with Gasteiger partial charge in [-0.15, -0.1) is 0 Å². The van der Waals surface area contributed by atoms with Crippen LogP contribution in [-0.4, -0.2) is 25.2 Å². The first-order chi connectivity index (χ1) is 6.67. The molecule has 0 saturated carbocycles. The van der Waals surface area contributed by atoms with E-state index < -0.39 is 5.78 Å². The monoisotopic (exact) mass is 216 g/mol. The van der Waals surface area contributed by atoms with Crippen molar-refractivity contribution in [2.24, 2.45) is 4.99 Å². The molecule has 14 heavy (non-hydrogen) atoms. The molecular weight excluding hydrogens is 206 g/mol. The fourth-order valence-electron chi connectivity index (χ4n) is 1.16. The zero-order valence-electron chi connectivity index (χ0n) is 7.37. The molecule has 0 aromatic heterocycles. The van der Waals surface area contributed by atoms with Crippen molar-refractivity contribution in [3.8, 4) is 0 Å². The number of halogens is 1. The fourth-order valence-corrected chi connectivity index (χ4v) is 1.42. The van der Waals surface area contributed by atoms with E-state index in [-0.39, 0.29) is 0 Å². The van der Waals surface area contributed by atoms with E-state index >= 15 is 0 Å². The Balaban J connectivity index is 2.24. The molecule has 2 heterocycles. The molecule has 2 aliphatic rings. The van der Waals surface area contributed by atoms with Gasteiger partial charge in [0, 0.05) is 6.54 Å². The molecule has 0 bridgehead atoms. The Morgan fingerprint density at radius 1 is 1.43 bits per heavy atom. The van der Waals surface area contributed by atoms with Crippen LogP contribution in [0, 0.1) is 0 Å². The van der Waals surface area contributed by atoms with E-state index in [9.17, 15) is 4.39 Å². The van der Waals surface area contributed by atoms with E-state index in [1.807, 2.05) is 9.24 Å². The molecule has 1 fully saturated rings. The zero-order valence-corrected chi connectivity index (χ0v) is 8.52. The van der Waals surface area contributed by atoms with Crippen LogP contribution in [-0.2, 0) is 9.47 Å². The molecule has 0 aromatic carbocycles. The molecule has 0 radical (unpaired) electrons. The number of fused-ring (bicyclic) bond motifs is 1. The van der Waals surface area contributed by atoms with Crippen molar-refractivity contribution in [2.45, 2.75) is 5.78 Å². The lowest BCUT2D eigenvalue weighted by Gasteiger charge is -2.09. The summed E-state index contributed by atoms with van der Waals surface area (Å²) in [5.74, 6) is -1.34. The van der Waals surface area contributed by atoms with Gasteiger partial charge in [-0.1, -0.05) is 0 Å². The normalized spacial score (nSPS) is 38.1. The number of aliphatic imine (C=N–C) groups is 1. The molecule has 76 valence electrons. The summed E-state index contributed by atoms with van der Waals surface area (Å²) in [5.41, 5.74) is 0. The molecule has 2 rings (SSSR count). The minimum Gasteiger partial charge on any atom is -0.420 e. The van der Waals surface area contributed by atoms with Crippen molar-refractivity contribution in [1.29, 1.82) is 0 Å². The predicted molar refractivity (Wildman–Crippen MR) is 53.2 cm³/mol. The largest absolute Gasteiger partial charge is 0.420 e. The lowest BCUT2D eigenvalue weighted by atomic mass is 10.3. The Kier molecular flexibility index (Phi) is 2.42. The highest BCUT2D eigenvalue weighted by Crippen LogP contribution is 2.39. The van der Waals surface area contributed by atoms with E-state index in [0.717, 1.165) is 0 Å². The second-order valence-corrected chi connectivity index (χ2v) is 3.52. The molecular formula is C8H10FN2O2P. The van der Waals surface area contributed by atoms with Crippen LogP contribution in [0.1, 0.15) is 0 Å². The molecule has 6 heteroatoms. The van der Waals surface area contributed by atoms with Gasteiger partial charge in [0.2, 0.25) is 0 Å². The van der Waals surface area contributed by atoms with Crippen LogP contribution in [0.15, 0.2) is 28.7 Å². The minimum absolute atomic E-state index is 0.392. The van der Waals surface area contributed by atoms with Gasteiger partial charge in [0.15, 0.2) is 11.5 Å². The van der Waals surface area contributed by atoms with Crippen LogP contribution < -0.4 is 5.32 Å². The maximum Gasteiger partial charge on any atom is 0.418 e. The summed E-state index contributed by atoms with van der Waals surface area (Å²) in [6.07, 6.45) is 4.97. The van der Waals surface area contributed by atoms with Crippen molar-refractivity contribution >= 4 is 15.6 Å². The molecule has 2 unspecified atom stereocenters. The lowest BCUT2D eigenvalue weighted by Crippen LogP contribution is -2.13. The van der Waals surface area contributed by atoms with Crippen molar-refractivity contribution in [1.82, 2.24) is 5.32 Å². The summed E-state index contributed by atoms with van der Waals surface area (Å²) in [6, 6.07) is 0. The van der Waals surface area contributed by atoms with Gasteiger partial charge in [-0.25, -0.2) is 0 Å². The van der Waals surface area contributed by atoms with E-state index in [0.29, 0.717) is 24.6 Å². The standard InChI is InChI=1S/C8H10FN2O2P/c9-8(14)12-6-1-3-10-5-11-4-2-7(6)13-8/h1-2,5H,3-4,14H2,(H,10,11)/b6-1+,7-2+. The Labute approximate surface area is 83.1 Å². The first kappa shape index (κ1) is 9.46. The molecule has 0 aromatic rings. The van der Waals surface area contributed by atoms with E-state index in [1.54, 1.807) is 18.5 Å². The average Bonchev–Trinajstić information content (AvgIpc) is 2.42. The van der Waals surface area contributed by atoms with E-state index in [2.05, 4.69) is 10.3 Å². The number of rotatable bonds is 0. The van der Waals surface area contributed by atoms with Crippen molar-refractivity contribution in [3.63, 3.8) is 0 Å². The van der Waals surface area contributed by atoms with Crippen LogP contribution in [0.4, 0.5) is 4.39 Å². The van der Waals surface area contributed by atoms with Crippen LogP contribution in [0.5, 0.6) is 0 Å². The summed E-state index contributed by atoms with van der Waals surface area (Å²) in [7, 11) is 1.86. The maximum absolute atomic E-state index is 13.3. The van der Waals surface area contributed by atoms with Gasteiger partial charge in [0.05, 0.1) is 12.9 Å². The zero-order chi connectivity index (χ0) is 10.0. The Morgan fingerprint density at radius 3 is 2.93 bits per heavy atom. The second kappa shape index (κ2) is 3.58. The van der Waals surface area contributed by atoms with Crippen LogP contribution >= 0.6 is 9.24 Å². The quantitative estimate of drug-likeness (QED) is 0.611. The number of alkyl halides is 1. The smallest absolute Gasteiger partial charge is 0.418 e. The van der Waals surface area contributed by atoms with Gasteiger partial charge in [0.1, 0.15) is 0 Å². The molecule has 1 N–H and O–H groups in total. The van der Waals surface area contributed by atoms with Gasteiger partial charge >= 0.3 is 5.78 Å². The fraction of sp³-hybridized carbons (Fsp3) is 0.375. The van der Waals surface area contributed by atoms with Gasteiger partial charge in [0.25, 0.3) is 0 Å². The molecule has 2 atom stereocenters. The topological polar surface area (TPSA) is 42.8 Å². The van der Waals surface area contributed by atoms with Crippen molar-refractivity contribution in [2.75, 3.05) is 13.1 Å². The molecule has 0 amide bonds. The first-order valence-corrected chi connectivity index (χ1v) is 4.73. The summed E-state index contributed by atoms with van der Waals surface area (Å²) >= 11 is 0. The number of nitrogens with zero attached hydrogens (tertiary/aromatic N) is 1. The molecule has 4 nitrogen and oxygen atoms in total. The third-order valence-electron chi connectivity index (χ3n) is 1.71. The third kappa shape index (κ3) is 2.04. The second-order valence-electron chi connectivity index (χ2n) is 2.83. The Hall–Kier alpha value is -1.09. The summed E-state index contributed by atoms with van der Waals surface area (Å²) in [5, 5.41) is 2.90. The highest BCUT2D eigenvalue weighted by atomic mass is 31.0. The third-order valence-corrected chi connectivity index (χ3v) is 1.95. The van der Waals surface area contributed by atoms with Gasteiger partial charge in [-0.3, -0.25) is 4.99 Å². The SMILES string of the molecule is FC1(P)OC2=C/CN=CNC/C=C\2O1. The number of hydrogen-bond acceptors (Lipinski definition) is 4. The van der Waals surface area contributed by atoms with Crippen LogP contribution in [0.25, 0.3) is 0 Å². The Morgan fingerprint density at radius 2 is 2.14 bits per heavy atom. The number of hydrogen-bond donors (Lipinski definition) is 1. The number of ether oxygens (including phenoxy) is 2. The number of nitrogens with one attached hydrogen (secondary N) is 1. The van der Waals surface area contributed by atoms with E-state index in [4.69, 9.17) is 9.47 Å². The molecule has 2 aliphatic heterocycles. The minimum atomic E-state index is -2.14. The summed E-state index contributed by atoms with van der Waals surface area (Å²) < 4.78 is 23.1.